The number of benzene rings is 18. The van der Waals surface area contributed by atoms with Gasteiger partial charge in [0, 0.05) is 78.8 Å². The van der Waals surface area contributed by atoms with Gasteiger partial charge in [0.2, 0.25) is 0 Å². The van der Waals surface area contributed by atoms with E-state index >= 15 is 0 Å². The Kier molecular flexibility index (Phi) is 14.8. The first-order chi connectivity index (χ1) is 68.5. The number of para-hydroxylation sites is 12. The van der Waals surface area contributed by atoms with Crippen molar-refractivity contribution in [3.8, 4) is 74.0 Å². The molecule has 0 spiro atoms. The molecule has 8 aliphatic rings. The number of imidazole rings is 8. The molecule has 0 fully saturated rings. The molecular formula is C116H68B4N18. The molecule has 22 heteroatoms. The molecule has 0 unspecified atom stereocenters. The number of rotatable bonds is 6. The van der Waals surface area contributed by atoms with Gasteiger partial charge >= 0.3 is 0 Å². The van der Waals surface area contributed by atoms with Crippen molar-refractivity contribution >= 4 is 220 Å². The number of hydrogen-bond acceptors (Lipinski definition) is 9. The van der Waals surface area contributed by atoms with Crippen molar-refractivity contribution in [1.29, 1.82) is 0 Å². The molecule has 0 saturated heterocycles. The fourth-order valence-electron chi connectivity index (χ4n) is 24.9. The Morgan fingerprint density at radius 3 is 0.797 bits per heavy atom. The summed E-state index contributed by atoms with van der Waals surface area (Å²) >= 11 is 0. The second kappa shape index (κ2) is 27.6. The first-order valence-corrected chi connectivity index (χ1v) is 47.0. The topological polar surface area (TPSA) is 151 Å². The molecule has 138 heavy (non-hydrogen) atoms. The van der Waals surface area contributed by atoms with Gasteiger partial charge in [-0.2, -0.15) is 0 Å². The van der Waals surface area contributed by atoms with Crippen LogP contribution in [0.4, 0.5) is 17.1 Å². The Morgan fingerprint density at radius 2 is 0.457 bits per heavy atom. The van der Waals surface area contributed by atoms with Gasteiger partial charge in [-0.3, -0.25) is 36.5 Å². The Balaban J connectivity index is 0.0000000845. The van der Waals surface area contributed by atoms with Crippen LogP contribution in [-0.2, 0) is 0 Å². The maximum atomic E-state index is 5.17. The third-order valence-electron chi connectivity index (χ3n) is 30.2. The fourth-order valence-corrected chi connectivity index (χ4v) is 24.9. The zero-order valence-electron chi connectivity index (χ0n) is 73.6. The quantitative estimate of drug-likeness (QED) is 0.148. The first kappa shape index (κ1) is 74.2. The van der Waals surface area contributed by atoms with Gasteiger partial charge < -0.3 is 9.47 Å². The monoisotopic (exact) mass is 1760 g/mol. The minimum absolute atomic E-state index is 0.122. The van der Waals surface area contributed by atoms with Crippen molar-refractivity contribution < 1.29 is 0 Å². The van der Waals surface area contributed by atoms with Gasteiger partial charge in [0.15, 0.2) is 0 Å². The molecule has 0 atom stereocenters. The Hall–Kier alpha value is -18.4. The summed E-state index contributed by atoms with van der Waals surface area (Å²) in [6, 6.07) is 134. The summed E-state index contributed by atoms with van der Waals surface area (Å²) in [7, 11) is 0. The van der Waals surface area contributed by atoms with E-state index in [4.69, 9.17) is 29.9 Å². The normalized spacial score (nSPS) is 13.0. The van der Waals surface area contributed by atoms with E-state index in [1.54, 1.807) is 0 Å². The minimum atomic E-state index is 0.122. The predicted molar refractivity (Wildman–Crippen MR) is 561 cm³/mol. The first-order valence-electron chi connectivity index (χ1n) is 47.0. The van der Waals surface area contributed by atoms with E-state index in [-0.39, 0.29) is 26.9 Å². The van der Waals surface area contributed by atoms with Crippen LogP contribution in [0.25, 0.3) is 184 Å². The van der Waals surface area contributed by atoms with Crippen LogP contribution in [0.5, 0.6) is 0 Å². The highest BCUT2D eigenvalue weighted by atomic mass is 15.2. The summed E-state index contributed by atoms with van der Waals surface area (Å²) in [5.41, 5.74) is 52.2. The van der Waals surface area contributed by atoms with Crippen LogP contribution < -0.4 is 70.5 Å². The highest BCUT2D eigenvalue weighted by molar-refractivity contribution is 7.02. The standard InChI is InChI=1S/C32H18BN5.C32H20BN5.C32H19BN4.C20H11BN4/c1-3-13-26-20(7-1)21-8-2-4-14-27(21)38(26)19-15-28-30-29(16-19)37-18-35-25-12-6-10-23(32(25)37)33(30)22-9-5-11-24-31(22)36(28)17-34-24;1-3-9-21(10-4-1)38(22-11-5-2-6-12-22)23-17-28-30-29(18-23)37-20-35-27-16-8-14-25(32(27)37)33(30)24-13-7-15-26-31(24)36(28)19-34-26;1-3-10-20(11-4-1)31-34-24-16-7-14-22-29(24)36(31)26-18-9-19-27-28(26)33(22)23-15-8-17-25-30(23)37(27)32(35-25)21-12-5-2-6-13-21;1-4-12-19-14(6-1)22-10-24(19)16-8-3-9-17-18(16)21(12)13-5-2-7-15-20(13)25(17)11-23-15/h1-18H;1-20H;1-19H;1-11H. The van der Waals surface area contributed by atoms with Gasteiger partial charge in [0.1, 0.15) is 49.6 Å². The molecule has 9 aromatic heterocycles. The summed E-state index contributed by atoms with van der Waals surface area (Å²) < 4.78 is 20.8. The summed E-state index contributed by atoms with van der Waals surface area (Å²) in [4.78, 5) is 41.2. The van der Waals surface area contributed by atoms with Crippen LogP contribution in [0.1, 0.15) is 0 Å². The highest BCUT2D eigenvalue weighted by Crippen LogP contribution is 2.44. The zero-order chi connectivity index (χ0) is 89.5. The van der Waals surface area contributed by atoms with Crippen LogP contribution >= 0.6 is 0 Å². The molecule has 634 valence electrons. The molecule has 17 heterocycles. The van der Waals surface area contributed by atoms with Crippen molar-refractivity contribution in [2.24, 2.45) is 0 Å². The smallest absolute Gasteiger partial charge is 0.252 e. The number of nitrogens with zero attached hydrogens (tertiary/aromatic N) is 18. The molecule has 18 aromatic carbocycles. The van der Waals surface area contributed by atoms with Gasteiger partial charge in [-0.25, -0.2) is 39.9 Å². The molecule has 0 bridgehead atoms. The minimum Gasteiger partial charge on any atom is -0.310 e. The van der Waals surface area contributed by atoms with E-state index < -0.39 is 0 Å². The van der Waals surface area contributed by atoms with Crippen LogP contribution in [0, 0.1) is 0 Å². The number of anilines is 3. The predicted octanol–water partition coefficient (Wildman–Crippen LogP) is 15.9. The summed E-state index contributed by atoms with van der Waals surface area (Å²) in [6.07, 6.45) is 11.8. The van der Waals surface area contributed by atoms with E-state index in [1.807, 2.05) is 38.0 Å². The van der Waals surface area contributed by atoms with Crippen LogP contribution in [0.2, 0.25) is 0 Å². The molecule has 0 radical (unpaired) electrons. The maximum Gasteiger partial charge on any atom is 0.252 e. The van der Waals surface area contributed by atoms with Crippen LogP contribution in [0.3, 0.4) is 0 Å². The molecule has 35 rings (SSSR count). The van der Waals surface area contributed by atoms with E-state index in [9.17, 15) is 0 Å². The molecule has 0 aliphatic carbocycles. The van der Waals surface area contributed by atoms with Crippen molar-refractivity contribution in [3.05, 3.63) is 414 Å². The number of hydrogen-bond donors (Lipinski definition) is 0. The van der Waals surface area contributed by atoms with Crippen molar-refractivity contribution in [2.75, 3.05) is 4.90 Å². The third-order valence-corrected chi connectivity index (χ3v) is 30.2. The average molecular weight is 1760 g/mol. The molecule has 8 aliphatic heterocycles. The summed E-state index contributed by atoms with van der Waals surface area (Å²) in [5.74, 6) is 1.96. The Morgan fingerprint density at radius 1 is 0.196 bits per heavy atom. The number of fused-ring (bicyclic) bond motifs is 19. The largest absolute Gasteiger partial charge is 0.310 e. The second-order valence-electron chi connectivity index (χ2n) is 37.0. The van der Waals surface area contributed by atoms with Crippen molar-refractivity contribution in [3.63, 3.8) is 0 Å². The fraction of sp³-hybridized carbons (Fsp3) is 0. The van der Waals surface area contributed by atoms with E-state index in [1.165, 1.54) is 166 Å². The summed E-state index contributed by atoms with van der Waals surface area (Å²) in [6.45, 7) is 0.607. The molecule has 18 nitrogen and oxygen atoms in total. The Bertz CT molecular complexity index is 9470. The van der Waals surface area contributed by atoms with Gasteiger partial charge in [-0.05, 0) is 199 Å². The number of aromatic nitrogens is 17. The summed E-state index contributed by atoms with van der Waals surface area (Å²) in [5, 5.41) is 2.52. The molecular weight excluding hydrogens is 1690 g/mol. The lowest BCUT2D eigenvalue weighted by atomic mass is 9.34. The van der Waals surface area contributed by atoms with Gasteiger partial charge in [-0.15, -0.1) is 0 Å². The highest BCUT2D eigenvalue weighted by Gasteiger charge is 2.46. The van der Waals surface area contributed by atoms with Gasteiger partial charge in [-0.1, -0.05) is 243 Å². The van der Waals surface area contributed by atoms with E-state index in [0.717, 1.165) is 101 Å². The van der Waals surface area contributed by atoms with Crippen LogP contribution in [0.15, 0.2) is 414 Å². The van der Waals surface area contributed by atoms with E-state index in [2.05, 4.69) is 432 Å². The maximum absolute atomic E-state index is 5.17. The average Bonchev–Trinajstić information content (AvgIpc) is 1.56. The van der Waals surface area contributed by atoms with Crippen molar-refractivity contribution in [1.82, 2.24) is 81.0 Å². The van der Waals surface area contributed by atoms with E-state index in [0.29, 0.717) is 0 Å². The molecule has 0 N–H and O–H groups in total. The Labute approximate surface area is 788 Å². The second-order valence-corrected chi connectivity index (χ2v) is 37.0. The molecule has 27 aromatic rings. The lowest BCUT2D eigenvalue weighted by Gasteiger charge is -2.34. The molecule has 0 amide bonds. The molecule has 0 saturated carbocycles. The van der Waals surface area contributed by atoms with Crippen LogP contribution in [-0.4, -0.2) is 108 Å². The lowest BCUT2D eigenvalue weighted by molar-refractivity contribution is 1.05. The zero-order valence-corrected chi connectivity index (χ0v) is 73.6. The van der Waals surface area contributed by atoms with Gasteiger partial charge in [0.05, 0.1) is 111 Å². The lowest BCUT2D eigenvalue weighted by Crippen LogP contribution is -2.59. The third kappa shape index (κ3) is 9.91. The SMILES string of the molecule is c1cc2c3c(c1)-n1cnc4cccc(c41)B3c1cccc3ncn-2c13.c1cc2c3c(c1)ncn3-c1cc(-n3c4ccccc4c4ccccc43)cc3c1B2c1cccc2ncn-3c12.c1ccc(-c2nc3cccc4c3n2-c2cccc3c2B4c2cccc4nc(-c5ccccc5)n-3c24)cc1.c1ccc(N(c2ccccc2)c2cc3c4c(c2)-n2cnc5cccc(c52)B4c2cccc4ncn-3c24)cc1. The van der Waals surface area contributed by atoms with Crippen molar-refractivity contribution in [2.45, 2.75) is 0 Å². The van der Waals surface area contributed by atoms with Gasteiger partial charge in [0.25, 0.3) is 26.9 Å².